The van der Waals surface area contributed by atoms with E-state index in [1.54, 1.807) is 54.6 Å². The Morgan fingerprint density at radius 2 is 1.16 bits per heavy atom. The van der Waals surface area contributed by atoms with Crippen LogP contribution in [0.1, 0.15) is 38.0 Å². The van der Waals surface area contributed by atoms with Gasteiger partial charge in [-0.3, -0.25) is 4.79 Å². The number of ether oxygens (including phenoxy) is 4. The minimum absolute atomic E-state index is 0.102. The molecule has 0 spiro atoms. The standard InChI is InChI=1S/C28H24O9/c1-18(30)28(37-27(33)21-15-9-4-10-16-21)24(35-26(32)20-13-7-3-8-14-20)23(22(17-29)36-28)34-25(31)19-11-5-2-6-12-19/h2-16,22-24,29H,17H2,1H3/t22-,23-,24-,28?/m1/s1. The summed E-state index contributed by atoms with van der Waals surface area (Å²) in [5, 5.41) is 10.0. The van der Waals surface area contributed by atoms with Crippen LogP contribution in [-0.4, -0.2) is 59.5 Å². The summed E-state index contributed by atoms with van der Waals surface area (Å²) in [5.41, 5.74) is 0.411. The molecular formula is C28H24O9. The third-order valence-corrected chi connectivity index (χ3v) is 5.79. The van der Waals surface area contributed by atoms with Gasteiger partial charge in [0.1, 0.15) is 6.10 Å². The van der Waals surface area contributed by atoms with Crippen LogP contribution in [0, 0.1) is 0 Å². The predicted molar refractivity (Wildman–Crippen MR) is 129 cm³/mol. The monoisotopic (exact) mass is 504 g/mol. The lowest BCUT2D eigenvalue weighted by Gasteiger charge is -2.31. The Kier molecular flexibility index (Phi) is 7.76. The van der Waals surface area contributed by atoms with Crippen molar-refractivity contribution in [2.24, 2.45) is 0 Å². The molecule has 1 N–H and O–H groups in total. The van der Waals surface area contributed by atoms with Gasteiger partial charge >= 0.3 is 23.7 Å². The van der Waals surface area contributed by atoms with Crippen LogP contribution in [-0.2, 0) is 23.7 Å². The zero-order chi connectivity index (χ0) is 26.4. The van der Waals surface area contributed by atoms with Gasteiger partial charge in [-0.25, -0.2) is 14.4 Å². The summed E-state index contributed by atoms with van der Waals surface area (Å²) in [5.74, 6) is -5.97. The number of aliphatic hydroxyl groups is 1. The Morgan fingerprint density at radius 1 is 0.730 bits per heavy atom. The molecule has 0 saturated carbocycles. The predicted octanol–water partition coefficient (Wildman–Crippen LogP) is 2.97. The SMILES string of the molecule is CC(=O)C1(OC(=O)c2ccccc2)O[C@H](CO)[C@@H](OC(=O)c2ccccc2)[C@H]1OC(=O)c1ccccc1. The van der Waals surface area contributed by atoms with Crippen LogP contribution < -0.4 is 0 Å². The van der Waals surface area contributed by atoms with Crippen molar-refractivity contribution >= 4 is 23.7 Å². The third kappa shape index (κ3) is 5.42. The van der Waals surface area contributed by atoms with E-state index in [0.29, 0.717) is 0 Å². The quantitative estimate of drug-likeness (QED) is 0.364. The molecule has 0 bridgehead atoms. The number of esters is 3. The number of aliphatic hydroxyl groups excluding tert-OH is 1. The van der Waals surface area contributed by atoms with Crippen molar-refractivity contribution in [2.75, 3.05) is 6.61 Å². The Morgan fingerprint density at radius 3 is 1.59 bits per heavy atom. The Balaban J connectivity index is 1.73. The fraction of sp³-hybridized carbons (Fsp3) is 0.214. The van der Waals surface area contributed by atoms with Crippen LogP contribution >= 0.6 is 0 Å². The second-order valence-electron chi connectivity index (χ2n) is 8.25. The van der Waals surface area contributed by atoms with Gasteiger partial charge in [0, 0.05) is 6.92 Å². The van der Waals surface area contributed by atoms with Crippen LogP contribution in [0.5, 0.6) is 0 Å². The van der Waals surface area contributed by atoms with Gasteiger partial charge in [0.05, 0.1) is 23.3 Å². The molecule has 9 nitrogen and oxygen atoms in total. The van der Waals surface area contributed by atoms with Gasteiger partial charge in [0.25, 0.3) is 0 Å². The number of hydrogen-bond acceptors (Lipinski definition) is 9. The molecule has 1 aliphatic heterocycles. The number of benzene rings is 3. The molecule has 0 aliphatic carbocycles. The fourth-order valence-corrected chi connectivity index (χ4v) is 3.93. The fourth-order valence-electron chi connectivity index (χ4n) is 3.93. The maximum atomic E-state index is 13.0. The van der Waals surface area contributed by atoms with Gasteiger partial charge in [-0.05, 0) is 36.4 Å². The molecule has 9 heteroatoms. The first kappa shape index (κ1) is 25.7. The summed E-state index contributed by atoms with van der Waals surface area (Å²) in [7, 11) is 0. The zero-order valence-corrected chi connectivity index (χ0v) is 19.8. The minimum atomic E-state index is -2.49. The molecule has 1 aliphatic rings. The topological polar surface area (TPSA) is 125 Å². The molecule has 1 fully saturated rings. The van der Waals surface area contributed by atoms with Gasteiger partial charge in [-0.15, -0.1) is 0 Å². The molecule has 1 unspecified atom stereocenters. The van der Waals surface area contributed by atoms with E-state index < -0.39 is 54.4 Å². The van der Waals surface area contributed by atoms with Crippen LogP contribution in [0.15, 0.2) is 91.0 Å². The van der Waals surface area contributed by atoms with Crippen molar-refractivity contribution in [1.29, 1.82) is 0 Å². The molecule has 190 valence electrons. The van der Waals surface area contributed by atoms with Crippen molar-refractivity contribution in [2.45, 2.75) is 31.0 Å². The largest absolute Gasteiger partial charge is 0.452 e. The van der Waals surface area contributed by atoms with Crippen molar-refractivity contribution in [1.82, 2.24) is 0 Å². The molecule has 0 radical (unpaired) electrons. The van der Waals surface area contributed by atoms with E-state index in [1.807, 2.05) is 0 Å². The van der Waals surface area contributed by atoms with E-state index in [1.165, 1.54) is 36.4 Å². The molecule has 37 heavy (non-hydrogen) atoms. The van der Waals surface area contributed by atoms with Gasteiger partial charge in [0.15, 0.2) is 6.10 Å². The van der Waals surface area contributed by atoms with Crippen molar-refractivity contribution in [3.8, 4) is 0 Å². The summed E-state index contributed by atoms with van der Waals surface area (Å²) in [4.78, 5) is 51.9. The average Bonchev–Trinajstić information content (AvgIpc) is 3.22. The number of Topliss-reactive ketones (excluding diaryl/α,β-unsaturated/α-hetero) is 1. The summed E-state index contributed by atoms with van der Waals surface area (Å²) in [6, 6.07) is 23.7. The van der Waals surface area contributed by atoms with E-state index in [9.17, 15) is 24.3 Å². The van der Waals surface area contributed by atoms with Crippen LogP contribution in [0.25, 0.3) is 0 Å². The number of carbonyl (C=O) groups excluding carboxylic acids is 4. The van der Waals surface area contributed by atoms with Crippen molar-refractivity contribution < 1.29 is 43.2 Å². The molecular weight excluding hydrogens is 480 g/mol. The third-order valence-electron chi connectivity index (χ3n) is 5.79. The van der Waals surface area contributed by atoms with Gasteiger partial charge in [-0.2, -0.15) is 0 Å². The highest BCUT2D eigenvalue weighted by molar-refractivity contribution is 5.95. The molecule has 0 amide bonds. The smallest absolute Gasteiger partial charge is 0.341 e. The lowest BCUT2D eigenvalue weighted by Crippen LogP contribution is -2.54. The van der Waals surface area contributed by atoms with E-state index in [2.05, 4.69) is 0 Å². The Labute approximate surface area is 212 Å². The molecule has 4 rings (SSSR count). The van der Waals surface area contributed by atoms with Crippen LogP contribution in [0.4, 0.5) is 0 Å². The molecule has 3 aromatic carbocycles. The van der Waals surface area contributed by atoms with E-state index in [4.69, 9.17) is 18.9 Å². The number of rotatable bonds is 8. The second-order valence-corrected chi connectivity index (χ2v) is 8.25. The van der Waals surface area contributed by atoms with Gasteiger partial charge in [-0.1, -0.05) is 54.6 Å². The van der Waals surface area contributed by atoms with E-state index in [-0.39, 0.29) is 16.7 Å². The lowest BCUT2D eigenvalue weighted by atomic mass is 10.0. The minimum Gasteiger partial charge on any atom is -0.452 e. The number of carbonyl (C=O) groups is 4. The van der Waals surface area contributed by atoms with Crippen LogP contribution in [0.3, 0.4) is 0 Å². The first-order valence-electron chi connectivity index (χ1n) is 11.5. The van der Waals surface area contributed by atoms with Gasteiger partial charge < -0.3 is 24.1 Å². The maximum absolute atomic E-state index is 13.0. The molecule has 0 aromatic heterocycles. The lowest BCUT2D eigenvalue weighted by molar-refractivity contribution is -0.222. The summed E-state index contributed by atoms with van der Waals surface area (Å²) < 4.78 is 22.5. The van der Waals surface area contributed by atoms with E-state index in [0.717, 1.165) is 6.92 Å². The molecule has 4 atom stereocenters. The van der Waals surface area contributed by atoms with E-state index >= 15 is 0 Å². The maximum Gasteiger partial charge on any atom is 0.341 e. The highest BCUT2D eigenvalue weighted by Crippen LogP contribution is 2.39. The number of hydrogen-bond donors (Lipinski definition) is 1. The highest BCUT2D eigenvalue weighted by atomic mass is 16.8. The Bertz CT molecular complexity index is 1260. The first-order valence-corrected chi connectivity index (χ1v) is 11.5. The van der Waals surface area contributed by atoms with Crippen molar-refractivity contribution in [3.05, 3.63) is 108 Å². The second kappa shape index (κ2) is 11.2. The van der Waals surface area contributed by atoms with Crippen LogP contribution in [0.2, 0.25) is 0 Å². The first-order chi connectivity index (χ1) is 17.9. The molecule has 1 heterocycles. The highest BCUT2D eigenvalue weighted by Gasteiger charge is 2.65. The number of ketones is 1. The zero-order valence-electron chi connectivity index (χ0n) is 19.8. The summed E-state index contributed by atoms with van der Waals surface area (Å²) in [6.45, 7) is 0.349. The average molecular weight is 504 g/mol. The van der Waals surface area contributed by atoms with Crippen molar-refractivity contribution in [3.63, 3.8) is 0 Å². The normalized spacial score (nSPS) is 22.6. The van der Waals surface area contributed by atoms with Gasteiger partial charge in [0.2, 0.25) is 11.9 Å². The Hall–Kier alpha value is -4.34. The summed E-state index contributed by atoms with van der Waals surface area (Å²) in [6.07, 6.45) is -4.57. The summed E-state index contributed by atoms with van der Waals surface area (Å²) >= 11 is 0. The molecule has 3 aromatic rings. The molecule has 1 saturated heterocycles.